The summed E-state index contributed by atoms with van der Waals surface area (Å²) in [6, 6.07) is 3.33. The first kappa shape index (κ1) is 7.42. The van der Waals surface area contributed by atoms with Crippen molar-refractivity contribution < 1.29 is 4.79 Å². The number of hydrogen-bond donors (Lipinski definition) is 0. The van der Waals surface area contributed by atoms with Crippen molar-refractivity contribution in [2.45, 2.75) is 0 Å². The average molecular weight is 146 g/mol. The van der Waals surface area contributed by atoms with Crippen LogP contribution < -0.4 is 0 Å². The van der Waals surface area contributed by atoms with Gasteiger partial charge in [-0.25, -0.2) is 6.57 Å². The largest absolute Gasteiger partial charge is 0.308 e. The zero-order chi connectivity index (χ0) is 8.10. The molecule has 54 valence electrons. The molecule has 11 heavy (non-hydrogen) atoms. The van der Waals surface area contributed by atoms with Crippen LogP contribution in [0.5, 0.6) is 0 Å². The lowest BCUT2D eigenvalue weighted by Gasteiger charge is -1.90. The highest BCUT2D eigenvalue weighted by Gasteiger charge is 2.06. The summed E-state index contributed by atoms with van der Waals surface area (Å²) in [5.74, 6) is -0.173. The van der Waals surface area contributed by atoms with Crippen LogP contribution in [-0.2, 0) is 0 Å². The third-order valence-electron chi connectivity index (χ3n) is 1.21. The number of nitrogens with zero attached hydrogens (tertiary/aromatic N) is 2. The molecule has 1 aromatic heterocycles. The van der Waals surface area contributed by atoms with Crippen molar-refractivity contribution in [2.24, 2.45) is 0 Å². The number of ketones is 1. The van der Waals surface area contributed by atoms with Gasteiger partial charge in [0.25, 0.3) is 6.54 Å². The van der Waals surface area contributed by atoms with Crippen LogP contribution in [0.15, 0.2) is 24.5 Å². The molecule has 1 heterocycles. The lowest BCUT2D eigenvalue weighted by molar-refractivity contribution is 0.101. The minimum Gasteiger partial charge on any atom is -0.308 e. The van der Waals surface area contributed by atoms with E-state index in [4.69, 9.17) is 6.57 Å². The summed E-state index contributed by atoms with van der Waals surface area (Å²) in [6.07, 6.45) is 3.06. The molecule has 0 aliphatic rings. The van der Waals surface area contributed by atoms with Crippen LogP contribution in [0.2, 0.25) is 0 Å². The Balaban J connectivity index is 2.79. The van der Waals surface area contributed by atoms with Crippen molar-refractivity contribution in [2.75, 3.05) is 6.54 Å². The summed E-state index contributed by atoms with van der Waals surface area (Å²) in [5, 5.41) is 0. The van der Waals surface area contributed by atoms with Gasteiger partial charge in [-0.05, 0) is 12.1 Å². The Morgan fingerprint density at radius 3 is 3.09 bits per heavy atom. The average Bonchev–Trinajstić information content (AvgIpc) is 2.07. The SMILES string of the molecule is [C-]#[N+]CC(=O)c1cccnc1. The minimum atomic E-state index is -0.173. The highest BCUT2D eigenvalue weighted by molar-refractivity contribution is 5.98. The van der Waals surface area contributed by atoms with Gasteiger partial charge in [-0.2, -0.15) is 0 Å². The van der Waals surface area contributed by atoms with Crippen LogP contribution in [0.1, 0.15) is 10.4 Å². The number of carbonyl (C=O) groups is 1. The van der Waals surface area contributed by atoms with Crippen molar-refractivity contribution in [3.05, 3.63) is 41.5 Å². The monoisotopic (exact) mass is 146 g/mol. The fourth-order valence-corrected chi connectivity index (χ4v) is 0.691. The molecule has 0 aliphatic carbocycles. The van der Waals surface area contributed by atoms with E-state index in [1.54, 1.807) is 18.3 Å². The molecule has 0 aromatic carbocycles. The smallest absolute Gasteiger partial charge is 0.276 e. The Morgan fingerprint density at radius 2 is 2.55 bits per heavy atom. The summed E-state index contributed by atoms with van der Waals surface area (Å²) in [5.41, 5.74) is 0.503. The Labute approximate surface area is 64.5 Å². The highest BCUT2D eigenvalue weighted by Crippen LogP contribution is 1.96. The molecule has 0 radical (unpaired) electrons. The molecule has 0 bridgehead atoms. The molecule has 0 saturated heterocycles. The summed E-state index contributed by atoms with van der Waals surface area (Å²) >= 11 is 0. The van der Waals surface area contributed by atoms with Gasteiger partial charge in [0.1, 0.15) is 0 Å². The van der Waals surface area contributed by atoms with Crippen LogP contribution in [-0.4, -0.2) is 17.3 Å². The lowest BCUT2D eigenvalue weighted by atomic mass is 10.2. The van der Waals surface area contributed by atoms with Gasteiger partial charge in [-0.3, -0.25) is 9.78 Å². The van der Waals surface area contributed by atoms with Gasteiger partial charge in [0.05, 0.1) is 0 Å². The first-order chi connectivity index (χ1) is 5.34. The number of aromatic nitrogens is 1. The van der Waals surface area contributed by atoms with E-state index in [0.717, 1.165) is 0 Å². The Kier molecular flexibility index (Phi) is 2.34. The van der Waals surface area contributed by atoms with Gasteiger partial charge in [-0.15, -0.1) is 0 Å². The first-order valence-corrected chi connectivity index (χ1v) is 3.11. The second-order valence-electron chi connectivity index (χ2n) is 1.98. The molecule has 1 aromatic rings. The van der Waals surface area contributed by atoms with Crippen molar-refractivity contribution in [1.82, 2.24) is 4.98 Å². The standard InChI is InChI=1S/C8H6N2O/c1-9-6-8(11)7-3-2-4-10-5-7/h2-5H,6H2. The molecular weight excluding hydrogens is 140 g/mol. The zero-order valence-electron chi connectivity index (χ0n) is 5.82. The second-order valence-corrected chi connectivity index (χ2v) is 1.98. The highest BCUT2D eigenvalue weighted by atomic mass is 16.1. The van der Waals surface area contributed by atoms with Crippen molar-refractivity contribution in [3.63, 3.8) is 0 Å². The van der Waals surface area contributed by atoms with Crippen LogP contribution in [0.25, 0.3) is 4.85 Å². The van der Waals surface area contributed by atoms with Gasteiger partial charge < -0.3 is 4.85 Å². The second kappa shape index (κ2) is 3.47. The lowest BCUT2D eigenvalue weighted by Crippen LogP contribution is -2.01. The van der Waals surface area contributed by atoms with Crippen molar-refractivity contribution in [1.29, 1.82) is 0 Å². The van der Waals surface area contributed by atoms with E-state index in [1.165, 1.54) is 6.20 Å². The van der Waals surface area contributed by atoms with Crippen LogP contribution in [0, 0.1) is 6.57 Å². The Morgan fingerprint density at radius 1 is 1.73 bits per heavy atom. The molecule has 0 spiro atoms. The van der Waals surface area contributed by atoms with E-state index in [0.29, 0.717) is 5.56 Å². The maximum atomic E-state index is 11.0. The van der Waals surface area contributed by atoms with Gasteiger partial charge in [0, 0.05) is 18.0 Å². The normalized spacial score (nSPS) is 8.64. The van der Waals surface area contributed by atoms with E-state index in [9.17, 15) is 4.79 Å². The van der Waals surface area contributed by atoms with E-state index >= 15 is 0 Å². The first-order valence-electron chi connectivity index (χ1n) is 3.11. The predicted molar refractivity (Wildman–Crippen MR) is 40.0 cm³/mol. The topological polar surface area (TPSA) is 34.3 Å². The molecular formula is C8H6N2O. The van der Waals surface area contributed by atoms with Gasteiger partial charge in [0.2, 0.25) is 5.78 Å². The molecule has 0 fully saturated rings. The van der Waals surface area contributed by atoms with Crippen LogP contribution in [0.3, 0.4) is 0 Å². The molecule has 1 rings (SSSR count). The maximum absolute atomic E-state index is 11.0. The molecule has 0 atom stereocenters. The predicted octanol–water partition coefficient (Wildman–Crippen LogP) is 1.18. The van der Waals surface area contributed by atoms with Crippen molar-refractivity contribution in [3.8, 4) is 0 Å². The molecule has 0 N–H and O–H groups in total. The van der Waals surface area contributed by atoms with Crippen LogP contribution in [0.4, 0.5) is 0 Å². The van der Waals surface area contributed by atoms with Crippen molar-refractivity contribution >= 4 is 5.78 Å². The molecule has 0 aliphatic heterocycles. The third kappa shape index (κ3) is 1.87. The molecule has 0 saturated carbocycles. The maximum Gasteiger partial charge on any atom is 0.276 e. The third-order valence-corrected chi connectivity index (χ3v) is 1.21. The van der Waals surface area contributed by atoms with Gasteiger partial charge >= 0.3 is 0 Å². The summed E-state index contributed by atoms with van der Waals surface area (Å²) in [7, 11) is 0. The summed E-state index contributed by atoms with van der Waals surface area (Å²) in [4.78, 5) is 17.7. The minimum absolute atomic E-state index is 0.0916. The zero-order valence-corrected chi connectivity index (χ0v) is 5.82. The molecule has 0 amide bonds. The van der Waals surface area contributed by atoms with E-state index in [-0.39, 0.29) is 12.3 Å². The van der Waals surface area contributed by atoms with E-state index in [2.05, 4.69) is 9.83 Å². The van der Waals surface area contributed by atoms with Crippen LogP contribution >= 0.6 is 0 Å². The fourth-order valence-electron chi connectivity index (χ4n) is 0.691. The number of hydrogen-bond acceptors (Lipinski definition) is 2. The van der Waals surface area contributed by atoms with E-state index < -0.39 is 0 Å². The van der Waals surface area contributed by atoms with Gasteiger partial charge in [0.15, 0.2) is 0 Å². The number of rotatable bonds is 2. The molecule has 3 nitrogen and oxygen atoms in total. The van der Waals surface area contributed by atoms with E-state index in [1.807, 2.05) is 0 Å². The fraction of sp³-hybridized carbons (Fsp3) is 0.125. The number of carbonyl (C=O) groups excluding carboxylic acids is 1. The number of Topliss-reactive ketones (excluding diaryl/α,β-unsaturated/α-hetero) is 1. The summed E-state index contributed by atoms with van der Waals surface area (Å²) < 4.78 is 0. The Bertz CT molecular complexity index is 287. The van der Waals surface area contributed by atoms with Gasteiger partial charge in [-0.1, -0.05) is 0 Å². The Hall–Kier alpha value is -1.69. The molecule has 0 unspecified atom stereocenters. The quantitative estimate of drug-likeness (QED) is 0.464. The number of pyridine rings is 1. The molecule has 3 heteroatoms. The summed E-state index contributed by atoms with van der Waals surface area (Å²) in [6.45, 7) is 6.37.